The van der Waals surface area contributed by atoms with Crippen molar-refractivity contribution in [2.45, 2.75) is 94.2 Å². The average molecular weight is 413 g/mol. The van der Waals surface area contributed by atoms with Crippen LogP contribution in [0.1, 0.15) is 92.4 Å². The van der Waals surface area contributed by atoms with Gasteiger partial charge < -0.3 is 10.6 Å². The molecule has 2 N–H and O–H groups in total. The Balaban J connectivity index is 0.000000497. The Bertz CT molecular complexity index is 699. The summed E-state index contributed by atoms with van der Waals surface area (Å²) in [5.41, 5.74) is 9.88. The van der Waals surface area contributed by atoms with Crippen LogP contribution in [0.5, 0.6) is 0 Å². The van der Waals surface area contributed by atoms with E-state index in [4.69, 9.17) is 0 Å². The Kier molecular flexibility index (Phi) is 15.2. The van der Waals surface area contributed by atoms with Crippen molar-refractivity contribution in [3.8, 4) is 0 Å². The largest absolute Gasteiger partial charge is 0.313 e. The van der Waals surface area contributed by atoms with Crippen molar-refractivity contribution >= 4 is 0 Å². The first-order valence-electron chi connectivity index (χ1n) is 11.8. The minimum Gasteiger partial charge on any atom is -0.313 e. The van der Waals surface area contributed by atoms with Crippen molar-refractivity contribution in [1.82, 2.24) is 10.6 Å². The van der Waals surface area contributed by atoms with Crippen molar-refractivity contribution in [2.75, 3.05) is 13.6 Å². The van der Waals surface area contributed by atoms with Crippen LogP contribution in [0.15, 0.2) is 30.3 Å². The summed E-state index contributed by atoms with van der Waals surface area (Å²) in [5.74, 6) is 0. The number of hydrogen-bond donors (Lipinski definition) is 2. The predicted octanol–water partition coefficient (Wildman–Crippen LogP) is 7.37. The van der Waals surface area contributed by atoms with Gasteiger partial charge in [-0.25, -0.2) is 0 Å². The van der Waals surface area contributed by atoms with E-state index in [1.807, 2.05) is 7.05 Å². The van der Waals surface area contributed by atoms with Crippen molar-refractivity contribution in [2.24, 2.45) is 0 Å². The number of nitrogens with one attached hydrogen (secondary N) is 2. The van der Waals surface area contributed by atoms with Gasteiger partial charge in [0, 0.05) is 12.6 Å². The molecule has 2 aromatic rings. The summed E-state index contributed by atoms with van der Waals surface area (Å²) in [6.07, 6.45) is 3.58. The van der Waals surface area contributed by atoms with Crippen molar-refractivity contribution in [3.63, 3.8) is 0 Å². The minimum absolute atomic E-state index is 0.444. The van der Waals surface area contributed by atoms with Crippen LogP contribution in [0.2, 0.25) is 0 Å². The maximum atomic E-state index is 3.41. The zero-order valence-electron chi connectivity index (χ0n) is 21.5. The van der Waals surface area contributed by atoms with E-state index in [2.05, 4.69) is 103 Å². The molecule has 2 aromatic carbocycles. The molecule has 0 spiro atoms. The third kappa shape index (κ3) is 10.4. The smallest absolute Gasteiger partial charge is 0.0291 e. The Morgan fingerprint density at radius 3 is 1.87 bits per heavy atom. The summed E-state index contributed by atoms with van der Waals surface area (Å²) in [6.45, 7) is 21.7. The lowest BCUT2D eigenvalue weighted by Gasteiger charge is -2.17. The summed E-state index contributed by atoms with van der Waals surface area (Å²) >= 11 is 0. The lowest BCUT2D eigenvalue weighted by atomic mass is 9.93. The summed E-state index contributed by atoms with van der Waals surface area (Å²) < 4.78 is 0. The molecule has 2 heteroatoms. The van der Waals surface area contributed by atoms with Crippen LogP contribution in [0.4, 0.5) is 0 Å². The first-order valence-corrected chi connectivity index (χ1v) is 11.8. The van der Waals surface area contributed by atoms with E-state index in [-0.39, 0.29) is 0 Å². The molecule has 1 unspecified atom stereocenters. The van der Waals surface area contributed by atoms with E-state index < -0.39 is 0 Å². The number of rotatable bonds is 7. The molecule has 0 saturated carbocycles. The molecule has 0 amide bonds. The summed E-state index contributed by atoms with van der Waals surface area (Å²) in [6, 6.07) is 11.7. The molecule has 0 aliphatic carbocycles. The van der Waals surface area contributed by atoms with Gasteiger partial charge in [-0.2, -0.15) is 0 Å². The van der Waals surface area contributed by atoms with Gasteiger partial charge >= 0.3 is 0 Å². The highest BCUT2D eigenvalue weighted by molar-refractivity contribution is 5.40. The first kappa shape index (κ1) is 28.4. The Hall–Kier alpha value is -1.64. The summed E-state index contributed by atoms with van der Waals surface area (Å²) in [4.78, 5) is 0. The first-order chi connectivity index (χ1) is 14.2. The number of benzene rings is 2. The van der Waals surface area contributed by atoms with Crippen LogP contribution in [0, 0.1) is 27.7 Å². The fourth-order valence-corrected chi connectivity index (χ4v) is 3.49. The predicted molar refractivity (Wildman–Crippen MR) is 137 cm³/mol. The lowest BCUT2D eigenvalue weighted by Crippen LogP contribution is -2.14. The van der Waals surface area contributed by atoms with E-state index in [1.54, 1.807) is 0 Å². The quantitative estimate of drug-likeness (QED) is 0.464. The molecule has 0 aliphatic rings. The number of hydrogen-bond acceptors (Lipinski definition) is 2. The highest BCUT2D eigenvalue weighted by atomic mass is 14.9. The molecule has 0 aromatic heterocycles. The Morgan fingerprint density at radius 1 is 0.833 bits per heavy atom. The minimum atomic E-state index is 0.444. The zero-order chi connectivity index (χ0) is 23.1. The van der Waals surface area contributed by atoms with Crippen LogP contribution in [0.25, 0.3) is 0 Å². The molecule has 2 nitrogen and oxygen atoms in total. The topological polar surface area (TPSA) is 24.1 Å². The molecular weight excluding hydrogens is 364 g/mol. The molecule has 30 heavy (non-hydrogen) atoms. The summed E-state index contributed by atoms with van der Waals surface area (Å²) in [7, 11) is 2.01. The normalized spacial score (nSPS) is 11.1. The fourth-order valence-electron chi connectivity index (χ4n) is 3.49. The maximum absolute atomic E-state index is 3.41. The van der Waals surface area contributed by atoms with E-state index in [1.165, 1.54) is 51.8 Å². The Morgan fingerprint density at radius 2 is 1.40 bits per heavy atom. The van der Waals surface area contributed by atoms with Gasteiger partial charge in [0.2, 0.25) is 0 Å². The molecule has 0 radical (unpaired) electrons. The van der Waals surface area contributed by atoms with E-state index in [9.17, 15) is 0 Å². The van der Waals surface area contributed by atoms with Gasteiger partial charge in [0.25, 0.3) is 0 Å². The molecule has 0 aliphatic heterocycles. The van der Waals surface area contributed by atoms with Crippen LogP contribution in [-0.4, -0.2) is 13.6 Å². The molecule has 1 atom stereocenters. The fraction of sp³-hybridized carbons (Fsp3) is 0.571. The molecular formula is C28H48N2. The number of aryl methyl sites for hydroxylation is 3. The van der Waals surface area contributed by atoms with E-state index in [0.717, 1.165) is 19.5 Å². The molecule has 0 heterocycles. The van der Waals surface area contributed by atoms with Crippen molar-refractivity contribution in [1.29, 1.82) is 0 Å². The standard InChI is InChI=1S/C13H21N.C12H19N.C3H8/c1-6-12-7-8-13(11(4)14-5)10(3)9(12)2;1-4-5-13-9-12-7-10(2)6-11(3)8-12;1-3-2/h7-8,11,14H,6H2,1-5H3;6-8,13H,4-5,9H2,1-3H3;3H2,1-2H3. The van der Waals surface area contributed by atoms with Gasteiger partial charge in [-0.1, -0.05) is 75.6 Å². The van der Waals surface area contributed by atoms with Crippen LogP contribution >= 0.6 is 0 Å². The second kappa shape index (κ2) is 16.1. The van der Waals surface area contributed by atoms with Gasteiger partial charge in [0.05, 0.1) is 0 Å². The van der Waals surface area contributed by atoms with Gasteiger partial charge in [-0.3, -0.25) is 0 Å². The SMILES string of the molecule is CCC.CCCNCc1cc(C)cc(C)c1.CCc1ccc(C(C)NC)c(C)c1C. The summed E-state index contributed by atoms with van der Waals surface area (Å²) in [5, 5.41) is 6.69. The monoisotopic (exact) mass is 412 g/mol. The Labute approximate surface area is 187 Å². The van der Waals surface area contributed by atoms with Gasteiger partial charge in [0.1, 0.15) is 0 Å². The highest BCUT2D eigenvalue weighted by Crippen LogP contribution is 2.23. The van der Waals surface area contributed by atoms with E-state index >= 15 is 0 Å². The molecule has 170 valence electrons. The lowest BCUT2D eigenvalue weighted by molar-refractivity contribution is 0.647. The van der Waals surface area contributed by atoms with E-state index in [0.29, 0.717) is 6.04 Å². The van der Waals surface area contributed by atoms with Gasteiger partial charge in [0.15, 0.2) is 0 Å². The maximum Gasteiger partial charge on any atom is 0.0291 e. The van der Waals surface area contributed by atoms with Crippen molar-refractivity contribution < 1.29 is 0 Å². The van der Waals surface area contributed by atoms with Crippen molar-refractivity contribution in [3.05, 3.63) is 69.3 Å². The molecule has 0 fully saturated rings. The second-order valence-electron chi connectivity index (χ2n) is 8.31. The molecule has 0 bridgehead atoms. The third-order valence-corrected chi connectivity index (χ3v) is 5.26. The second-order valence-corrected chi connectivity index (χ2v) is 8.31. The molecule has 0 saturated heterocycles. The average Bonchev–Trinajstić information content (AvgIpc) is 2.70. The van der Waals surface area contributed by atoms with Gasteiger partial charge in [-0.05, 0) is 88.9 Å². The third-order valence-electron chi connectivity index (χ3n) is 5.26. The van der Waals surface area contributed by atoms with Crippen LogP contribution in [0.3, 0.4) is 0 Å². The zero-order valence-corrected chi connectivity index (χ0v) is 21.5. The van der Waals surface area contributed by atoms with Crippen LogP contribution in [-0.2, 0) is 13.0 Å². The van der Waals surface area contributed by atoms with Crippen LogP contribution < -0.4 is 10.6 Å². The molecule has 2 rings (SSSR count). The van der Waals surface area contributed by atoms with Gasteiger partial charge in [-0.15, -0.1) is 0 Å². The highest BCUT2D eigenvalue weighted by Gasteiger charge is 2.09.